The van der Waals surface area contributed by atoms with Crippen molar-refractivity contribution in [1.82, 2.24) is 0 Å². The van der Waals surface area contributed by atoms with Crippen LogP contribution < -0.4 is 0 Å². The van der Waals surface area contributed by atoms with E-state index in [1.54, 1.807) is 0 Å². The lowest BCUT2D eigenvalue weighted by Crippen LogP contribution is -2.23. The molecule has 1 aliphatic carbocycles. The van der Waals surface area contributed by atoms with Crippen LogP contribution in [0.15, 0.2) is 0 Å². The minimum atomic E-state index is -0.301. The summed E-state index contributed by atoms with van der Waals surface area (Å²) >= 11 is 1.93. The van der Waals surface area contributed by atoms with E-state index in [1.807, 2.05) is 25.6 Å². The number of ether oxygens (including phenoxy) is 1. The molecule has 0 amide bonds. The first-order chi connectivity index (χ1) is 7.58. The van der Waals surface area contributed by atoms with Gasteiger partial charge in [-0.25, -0.2) is 0 Å². The first-order valence-corrected chi connectivity index (χ1v) is 7.54. The zero-order chi connectivity index (χ0) is 12.0. The van der Waals surface area contributed by atoms with Gasteiger partial charge in [0.05, 0.1) is 18.8 Å². The Labute approximate surface area is 104 Å². The standard InChI is InChI=1S/C13H26O2S/c1-10(2)15-8-12(14)9-16-13-6-4-5-11(3)7-13/h10-14H,4-9H2,1-3H3. The van der Waals surface area contributed by atoms with E-state index >= 15 is 0 Å². The van der Waals surface area contributed by atoms with Crippen molar-refractivity contribution in [3.8, 4) is 0 Å². The molecule has 0 saturated heterocycles. The second-order valence-electron chi connectivity index (χ2n) is 5.26. The van der Waals surface area contributed by atoms with Crippen molar-refractivity contribution in [3.05, 3.63) is 0 Å². The van der Waals surface area contributed by atoms with Crippen LogP contribution in [0.3, 0.4) is 0 Å². The van der Waals surface area contributed by atoms with Crippen LogP contribution in [0.25, 0.3) is 0 Å². The second-order valence-corrected chi connectivity index (χ2v) is 6.60. The number of aliphatic hydroxyl groups excluding tert-OH is 1. The Bertz CT molecular complexity index is 185. The summed E-state index contributed by atoms with van der Waals surface area (Å²) in [6.07, 6.45) is 5.31. The molecule has 0 aromatic rings. The quantitative estimate of drug-likeness (QED) is 0.781. The molecule has 1 N–H and O–H groups in total. The van der Waals surface area contributed by atoms with E-state index in [1.165, 1.54) is 25.7 Å². The van der Waals surface area contributed by atoms with E-state index in [4.69, 9.17) is 4.74 Å². The highest BCUT2D eigenvalue weighted by Gasteiger charge is 2.20. The Morgan fingerprint density at radius 3 is 2.75 bits per heavy atom. The highest BCUT2D eigenvalue weighted by molar-refractivity contribution is 7.99. The van der Waals surface area contributed by atoms with Gasteiger partial charge in [-0.1, -0.05) is 19.8 Å². The Morgan fingerprint density at radius 1 is 1.38 bits per heavy atom. The number of aliphatic hydroxyl groups is 1. The fourth-order valence-corrected chi connectivity index (χ4v) is 3.52. The Hall–Kier alpha value is 0.270. The maximum atomic E-state index is 9.75. The van der Waals surface area contributed by atoms with Gasteiger partial charge >= 0.3 is 0 Å². The molecule has 0 bridgehead atoms. The van der Waals surface area contributed by atoms with Crippen molar-refractivity contribution in [2.75, 3.05) is 12.4 Å². The molecule has 1 rings (SSSR count). The minimum absolute atomic E-state index is 0.217. The van der Waals surface area contributed by atoms with Crippen LogP contribution in [0.1, 0.15) is 46.5 Å². The normalized spacial score (nSPS) is 28.3. The maximum absolute atomic E-state index is 9.75. The third-order valence-corrected chi connectivity index (χ3v) is 4.51. The van der Waals surface area contributed by atoms with Crippen molar-refractivity contribution in [1.29, 1.82) is 0 Å². The van der Waals surface area contributed by atoms with Gasteiger partial charge in [0.15, 0.2) is 0 Å². The average molecular weight is 246 g/mol. The lowest BCUT2D eigenvalue weighted by Gasteiger charge is -2.27. The molecule has 0 aromatic heterocycles. The van der Waals surface area contributed by atoms with Crippen LogP contribution in [0.4, 0.5) is 0 Å². The van der Waals surface area contributed by atoms with Crippen LogP contribution in [0.5, 0.6) is 0 Å². The lowest BCUT2D eigenvalue weighted by molar-refractivity contribution is 0.0152. The summed E-state index contributed by atoms with van der Waals surface area (Å²) < 4.78 is 5.40. The third-order valence-electron chi connectivity index (χ3n) is 3.03. The predicted octanol–water partition coefficient (Wildman–Crippen LogP) is 3.08. The molecule has 96 valence electrons. The summed E-state index contributed by atoms with van der Waals surface area (Å²) in [6, 6.07) is 0. The fraction of sp³-hybridized carbons (Fsp3) is 1.00. The number of rotatable bonds is 6. The van der Waals surface area contributed by atoms with Crippen molar-refractivity contribution in [2.45, 2.75) is 63.9 Å². The molecule has 1 fully saturated rings. The lowest BCUT2D eigenvalue weighted by atomic mass is 9.91. The van der Waals surface area contributed by atoms with E-state index < -0.39 is 0 Å². The van der Waals surface area contributed by atoms with Gasteiger partial charge in [-0.2, -0.15) is 11.8 Å². The summed E-state index contributed by atoms with van der Waals surface area (Å²) in [4.78, 5) is 0. The summed E-state index contributed by atoms with van der Waals surface area (Å²) in [6.45, 7) is 6.82. The van der Waals surface area contributed by atoms with E-state index in [0.717, 1.165) is 16.9 Å². The van der Waals surface area contributed by atoms with Gasteiger partial charge in [-0.3, -0.25) is 0 Å². The van der Waals surface area contributed by atoms with Crippen LogP contribution in [-0.4, -0.2) is 34.9 Å². The van der Waals surface area contributed by atoms with Gasteiger partial charge in [0.1, 0.15) is 0 Å². The molecule has 1 saturated carbocycles. The topological polar surface area (TPSA) is 29.5 Å². The number of thioether (sulfide) groups is 1. The first-order valence-electron chi connectivity index (χ1n) is 6.49. The molecule has 1 aliphatic rings. The molecule has 0 aliphatic heterocycles. The van der Waals surface area contributed by atoms with E-state index in [-0.39, 0.29) is 12.2 Å². The van der Waals surface area contributed by atoms with E-state index in [2.05, 4.69) is 6.92 Å². The van der Waals surface area contributed by atoms with Gasteiger partial charge in [0, 0.05) is 11.0 Å². The molecule has 3 heteroatoms. The summed E-state index contributed by atoms with van der Waals surface area (Å²) in [7, 11) is 0. The minimum Gasteiger partial charge on any atom is -0.390 e. The maximum Gasteiger partial charge on any atom is 0.0864 e. The van der Waals surface area contributed by atoms with Crippen molar-refractivity contribution >= 4 is 11.8 Å². The predicted molar refractivity (Wildman–Crippen MR) is 71.0 cm³/mol. The Kier molecular flexibility index (Phi) is 6.78. The molecule has 3 unspecified atom stereocenters. The van der Waals surface area contributed by atoms with Crippen molar-refractivity contribution < 1.29 is 9.84 Å². The summed E-state index contributed by atoms with van der Waals surface area (Å²) in [5.41, 5.74) is 0. The van der Waals surface area contributed by atoms with Crippen molar-refractivity contribution in [2.24, 2.45) is 5.92 Å². The highest BCUT2D eigenvalue weighted by atomic mass is 32.2. The van der Waals surface area contributed by atoms with Crippen LogP contribution in [0.2, 0.25) is 0 Å². The molecular weight excluding hydrogens is 220 g/mol. The fourth-order valence-electron chi connectivity index (χ4n) is 2.13. The van der Waals surface area contributed by atoms with Crippen LogP contribution in [-0.2, 0) is 4.74 Å². The molecule has 2 nitrogen and oxygen atoms in total. The highest BCUT2D eigenvalue weighted by Crippen LogP contribution is 2.32. The first kappa shape index (κ1) is 14.3. The molecule has 0 heterocycles. The van der Waals surface area contributed by atoms with Gasteiger partial charge in [-0.15, -0.1) is 0 Å². The molecule has 16 heavy (non-hydrogen) atoms. The van der Waals surface area contributed by atoms with Crippen molar-refractivity contribution in [3.63, 3.8) is 0 Å². The summed E-state index contributed by atoms with van der Waals surface area (Å²) in [5.74, 6) is 1.69. The van der Waals surface area contributed by atoms with E-state index in [0.29, 0.717) is 6.61 Å². The Morgan fingerprint density at radius 2 is 2.12 bits per heavy atom. The average Bonchev–Trinajstić information content (AvgIpc) is 2.23. The molecule has 0 aromatic carbocycles. The van der Waals surface area contributed by atoms with Crippen LogP contribution in [0, 0.1) is 5.92 Å². The zero-order valence-electron chi connectivity index (χ0n) is 10.8. The molecule has 0 radical (unpaired) electrons. The van der Waals surface area contributed by atoms with Gasteiger partial charge in [-0.05, 0) is 32.6 Å². The number of hydrogen-bond donors (Lipinski definition) is 1. The third kappa shape index (κ3) is 6.12. The van der Waals surface area contributed by atoms with E-state index in [9.17, 15) is 5.11 Å². The van der Waals surface area contributed by atoms with Gasteiger partial charge < -0.3 is 9.84 Å². The van der Waals surface area contributed by atoms with Gasteiger partial charge in [0.2, 0.25) is 0 Å². The molecule has 3 atom stereocenters. The molecular formula is C13H26O2S. The van der Waals surface area contributed by atoms with Gasteiger partial charge in [0.25, 0.3) is 0 Å². The largest absolute Gasteiger partial charge is 0.390 e. The van der Waals surface area contributed by atoms with Crippen LogP contribution >= 0.6 is 11.8 Å². The molecule has 0 spiro atoms. The second kappa shape index (κ2) is 7.57. The SMILES string of the molecule is CC1CCCC(SCC(O)COC(C)C)C1. The monoisotopic (exact) mass is 246 g/mol. The smallest absolute Gasteiger partial charge is 0.0864 e. The summed E-state index contributed by atoms with van der Waals surface area (Å²) in [5, 5.41) is 10.5. The number of hydrogen-bond acceptors (Lipinski definition) is 3. The Balaban J connectivity index is 2.08. The zero-order valence-corrected chi connectivity index (χ0v) is 11.6.